The maximum Gasteiger partial charge on any atom is 0.242 e. The van der Waals surface area contributed by atoms with Crippen LogP contribution in [0.2, 0.25) is 5.02 Å². The van der Waals surface area contributed by atoms with Crippen molar-refractivity contribution in [3.05, 3.63) is 35.5 Å². The van der Waals surface area contributed by atoms with Crippen molar-refractivity contribution in [2.24, 2.45) is 0 Å². The van der Waals surface area contributed by atoms with Crippen LogP contribution in [0.1, 0.15) is 0 Å². The number of morpholine rings is 1. The molecule has 1 aliphatic heterocycles. The van der Waals surface area contributed by atoms with Crippen molar-refractivity contribution in [1.82, 2.24) is 9.47 Å². The fraction of sp³-hybridized carbons (Fsp3) is 0.357. The first-order valence-electron chi connectivity index (χ1n) is 6.34. The smallest absolute Gasteiger partial charge is 0.242 e. The zero-order valence-corrected chi connectivity index (χ0v) is 11.3. The molecule has 3 rings (SSSR count). The Morgan fingerprint density at radius 3 is 2.84 bits per heavy atom. The molecule has 0 atom stereocenters. The highest BCUT2D eigenvalue weighted by Crippen LogP contribution is 2.20. The quantitative estimate of drug-likeness (QED) is 0.844. The van der Waals surface area contributed by atoms with Crippen LogP contribution in [0, 0.1) is 0 Å². The number of amides is 1. The molecule has 0 radical (unpaired) electrons. The van der Waals surface area contributed by atoms with Crippen LogP contribution in [-0.2, 0) is 16.1 Å². The lowest BCUT2D eigenvalue weighted by molar-refractivity contribution is -0.135. The Kier molecular flexibility index (Phi) is 3.44. The van der Waals surface area contributed by atoms with E-state index in [0.29, 0.717) is 37.9 Å². The van der Waals surface area contributed by atoms with Gasteiger partial charge in [0, 0.05) is 35.2 Å². The molecule has 100 valence electrons. The zero-order chi connectivity index (χ0) is 13.2. The maximum atomic E-state index is 12.2. The van der Waals surface area contributed by atoms with E-state index in [1.54, 1.807) is 0 Å². The zero-order valence-electron chi connectivity index (χ0n) is 10.5. The van der Waals surface area contributed by atoms with E-state index in [1.807, 2.05) is 39.9 Å². The van der Waals surface area contributed by atoms with Gasteiger partial charge in [-0.05, 0) is 24.3 Å². The minimum atomic E-state index is 0.135. The molecule has 1 aliphatic rings. The van der Waals surface area contributed by atoms with Gasteiger partial charge in [-0.15, -0.1) is 0 Å². The average Bonchev–Trinajstić information content (AvgIpc) is 2.82. The molecule has 1 aromatic carbocycles. The third-order valence-electron chi connectivity index (χ3n) is 3.40. The van der Waals surface area contributed by atoms with Gasteiger partial charge >= 0.3 is 0 Å². The summed E-state index contributed by atoms with van der Waals surface area (Å²) in [7, 11) is 0. The average molecular weight is 279 g/mol. The molecule has 4 nitrogen and oxygen atoms in total. The van der Waals surface area contributed by atoms with E-state index >= 15 is 0 Å². The molecule has 0 saturated carbocycles. The van der Waals surface area contributed by atoms with Crippen LogP contribution in [0.15, 0.2) is 30.5 Å². The summed E-state index contributed by atoms with van der Waals surface area (Å²) in [6.45, 7) is 3.00. The summed E-state index contributed by atoms with van der Waals surface area (Å²) in [4.78, 5) is 14.1. The first-order valence-corrected chi connectivity index (χ1v) is 6.72. The summed E-state index contributed by atoms with van der Waals surface area (Å²) >= 11 is 5.96. The molecule has 5 heteroatoms. The summed E-state index contributed by atoms with van der Waals surface area (Å²) in [6.07, 6.45) is 1.93. The molecule has 2 aromatic rings. The first-order chi connectivity index (χ1) is 9.24. The van der Waals surface area contributed by atoms with Crippen molar-refractivity contribution in [2.75, 3.05) is 26.3 Å². The number of carbonyl (C=O) groups is 1. The lowest BCUT2D eigenvalue weighted by atomic mass is 10.2. The van der Waals surface area contributed by atoms with Gasteiger partial charge in [0.25, 0.3) is 0 Å². The van der Waals surface area contributed by atoms with Crippen molar-refractivity contribution in [1.29, 1.82) is 0 Å². The van der Waals surface area contributed by atoms with E-state index in [1.165, 1.54) is 0 Å². The van der Waals surface area contributed by atoms with Crippen LogP contribution < -0.4 is 0 Å². The second-order valence-electron chi connectivity index (χ2n) is 4.64. The van der Waals surface area contributed by atoms with Crippen LogP contribution in [0.4, 0.5) is 0 Å². The monoisotopic (exact) mass is 278 g/mol. The van der Waals surface area contributed by atoms with Crippen LogP contribution in [-0.4, -0.2) is 41.7 Å². The first kappa shape index (κ1) is 12.5. The van der Waals surface area contributed by atoms with Crippen LogP contribution in [0.3, 0.4) is 0 Å². The van der Waals surface area contributed by atoms with E-state index in [9.17, 15) is 4.79 Å². The molecule has 0 unspecified atom stereocenters. The normalized spacial score (nSPS) is 15.9. The van der Waals surface area contributed by atoms with Gasteiger partial charge in [0.05, 0.1) is 13.2 Å². The number of rotatable bonds is 2. The molecular formula is C14H15ClN2O2. The fourth-order valence-corrected chi connectivity index (χ4v) is 2.55. The molecule has 0 spiro atoms. The molecule has 1 amide bonds. The topological polar surface area (TPSA) is 34.5 Å². The number of halogens is 1. The predicted molar refractivity (Wildman–Crippen MR) is 74.3 cm³/mol. The van der Waals surface area contributed by atoms with Crippen molar-refractivity contribution in [2.45, 2.75) is 6.54 Å². The predicted octanol–water partition coefficient (Wildman–Crippen LogP) is 2.15. The molecule has 0 N–H and O–H groups in total. The van der Waals surface area contributed by atoms with Gasteiger partial charge in [-0.1, -0.05) is 11.6 Å². The van der Waals surface area contributed by atoms with E-state index in [0.717, 1.165) is 10.9 Å². The minimum Gasteiger partial charge on any atom is -0.378 e. The summed E-state index contributed by atoms with van der Waals surface area (Å²) in [5.41, 5.74) is 1.03. The van der Waals surface area contributed by atoms with Crippen molar-refractivity contribution >= 4 is 28.4 Å². The van der Waals surface area contributed by atoms with Gasteiger partial charge in [0.15, 0.2) is 0 Å². The van der Waals surface area contributed by atoms with Crippen molar-refractivity contribution in [3.63, 3.8) is 0 Å². The lowest BCUT2D eigenvalue weighted by Gasteiger charge is -2.27. The number of benzene rings is 1. The van der Waals surface area contributed by atoms with Crippen molar-refractivity contribution in [3.8, 4) is 0 Å². The number of carbonyl (C=O) groups excluding carboxylic acids is 1. The van der Waals surface area contributed by atoms with E-state index < -0.39 is 0 Å². The summed E-state index contributed by atoms with van der Waals surface area (Å²) < 4.78 is 7.21. The molecule has 2 heterocycles. The fourth-order valence-electron chi connectivity index (χ4n) is 2.37. The highest BCUT2D eigenvalue weighted by atomic mass is 35.5. The van der Waals surface area contributed by atoms with Gasteiger partial charge in [-0.2, -0.15) is 0 Å². The maximum absolute atomic E-state index is 12.2. The van der Waals surface area contributed by atoms with Crippen molar-refractivity contribution < 1.29 is 9.53 Å². The number of ether oxygens (including phenoxy) is 1. The summed E-state index contributed by atoms with van der Waals surface area (Å²) in [5.74, 6) is 0.135. The molecule has 19 heavy (non-hydrogen) atoms. The lowest BCUT2D eigenvalue weighted by Crippen LogP contribution is -2.42. The Balaban J connectivity index is 1.79. The second kappa shape index (κ2) is 5.23. The van der Waals surface area contributed by atoms with Gasteiger partial charge in [0.1, 0.15) is 6.54 Å². The van der Waals surface area contributed by atoms with Crippen LogP contribution in [0.25, 0.3) is 10.9 Å². The largest absolute Gasteiger partial charge is 0.378 e. The van der Waals surface area contributed by atoms with Crippen LogP contribution >= 0.6 is 11.6 Å². The molecule has 1 aromatic heterocycles. The van der Waals surface area contributed by atoms with E-state index in [2.05, 4.69) is 0 Å². The Bertz CT molecular complexity index is 603. The third-order valence-corrected chi connectivity index (χ3v) is 3.64. The minimum absolute atomic E-state index is 0.135. The number of fused-ring (bicyclic) bond motifs is 1. The number of hydrogen-bond donors (Lipinski definition) is 0. The molecular weight excluding hydrogens is 264 g/mol. The van der Waals surface area contributed by atoms with Crippen LogP contribution in [0.5, 0.6) is 0 Å². The standard InChI is InChI=1S/C14H15ClN2O2/c15-12-1-2-13-11(9-12)3-4-17(13)10-14(18)16-5-7-19-8-6-16/h1-4,9H,5-8,10H2. The summed E-state index contributed by atoms with van der Waals surface area (Å²) in [6, 6.07) is 7.68. The SMILES string of the molecule is O=C(Cn1ccc2cc(Cl)ccc21)N1CCOCC1. The molecule has 0 aliphatic carbocycles. The van der Waals surface area contributed by atoms with Gasteiger partial charge < -0.3 is 14.2 Å². The summed E-state index contributed by atoms with van der Waals surface area (Å²) in [5, 5.41) is 1.77. The Hall–Kier alpha value is -1.52. The van der Waals surface area contributed by atoms with Gasteiger partial charge in [-0.25, -0.2) is 0 Å². The Labute approximate surface area is 116 Å². The number of hydrogen-bond acceptors (Lipinski definition) is 2. The number of aromatic nitrogens is 1. The Morgan fingerprint density at radius 1 is 1.26 bits per heavy atom. The second-order valence-corrected chi connectivity index (χ2v) is 5.08. The van der Waals surface area contributed by atoms with Gasteiger partial charge in [-0.3, -0.25) is 4.79 Å². The highest BCUT2D eigenvalue weighted by Gasteiger charge is 2.17. The molecule has 0 bridgehead atoms. The Morgan fingerprint density at radius 2 is 2.05 bits per heavy atom. The molecule has 1 saturated heterocycles. The third kappa shape index (κ3) is 2.60. The van der Waals surface area contributed by atoms with E-state index in [4.69, 9.17) is 16.3 Å². The number of nitrogens with zero attached hydrogens (tertiary/aromatic N) is 2. The molecule has 1 fully saturated rings. The van der Waals surface area contributed by atoms with E-state index in [-0.39, 0.29) is 5.91 Å². The van der Waals surface area contributed by atoms with Gasteiger partial charge in [0.2, 0.25) is 5.91 Å². The highest BCUT2D eigenvalue weighted by molar-refractivity contribution is 6.31.